The number of carbonyl (C=O) groups is 1. The second-order valence-corrected chi connectivity index (χ2v) is 7.21. The third-order valence-corrected chi connectivity index (χ3v) is 5.17. The lowest BCUT2D eigenvalue weighted by atomic mass is 9.90. The van der Waals surface area contributed by atoms with Gasteiger partial charge in [-0.2, -0.15) is 0 Å². The van der Waals surface area contributed by atoms with Gasteiger partial charge in [0.15, 0.2) is 5.82 Å². The molecule has 1 heterocycles. The average molecular weight is 389 g/mol. The molecule has 0 spiro atoms. The van der Waals surface area contributed by atoms with Crippen LogP contribution < -0.4 is 5.32 Å². The second-order valence-electron chi connectivity index (χ2n) is 7.21. The summed E-state index contributed by atoms with van der Waals surface area (Å²) in [7, 11) is 0. The molecule has 3 N–H and O–H groups in total. The largest absolute Gasteiger partial charge is 0.508 e. The molecule has 29 heavy (non-hydrogen) atoms. The number of nitrogens with one attached hydrogen (secondary N) is 1. The van der Waals surface area contributed by atoms with Gasteiger partial charge in [-0.1, -0.05) is 37.3 Å². The van der Waals surface area contributed by atoms with Crippen molar-refractivity contribution in [1.82, 2.24) is 9.97 Å². The number of aliphatic hydroxyl groups excluding tert-OH is 1. The van der Waals surface area contributed by atoms with Gasteiger partial charge in [-0.15, -0.1) is 0 Å². The summed E-state index contributed by atoms with van der Waals surface area (Å²) < 4.78 is 0. The number of hydrogen-bond acceptors (Lipinski definition) is 5. The third-order valence-electron chi connectivity index (χ3n) is 5.17. The minimum absolute atomic E-state index is 0.0258. The molecule has 0 bridgehead atoms. The maximum absolute atomic E-state index is 12.5. The molecular weight excluding hydrogens is 366 g/mol. The Hall–Kier alpha value is -3.25. The fourth-order valence-corrected chi connectivity index (χ4v) is 3.65. The van der Waals surface area contributed by atoms with Crippen LogP contribution in [0.4, 0.5) is 5.82 Å². The average Bonchev–Trinajstić information content (AvgIpc) is 2.74. The Morgan fingerprint density at radius 2 is 1.83 bits per heavy atom. The molecule has 0 saturated heterocycles. The van der Waals surface area contributed by atoms with Gasteiger partial charge in [0.2, 0.25) is 5.91 Å². The monoisotopic (exact) mass is 389 g/mol. The SMILES string of the molecule is CCc1nc2c(nc1NC(=O)Cc1ccc(O)cc1)CCc1cc(CO)ccc1-2. The smallest absolute Gasteiger partial charge is 0.229 e. The van der Waals surface area contributed by atoms with Crippen LogP contribution in [-0.2, 0) is 37.1 Å². The Bertz CT molecular complexity index is 1060. The number of hydrogen-bond donors (Lipinski definition) is 3. The van der Waals surface area contributed by atoms with Crippen molar-refractivity contribution in [3.63, 3.8) is 0 Å². The van der Waals surface area contributed by atoms with E-state index in [1.807, 2.05) is 25.1 Å². The Kier molecular flexibility index (Phi) is 5.27. The van der Waals surface area contributed by atoms with E-state index in [1.54, 1.807) is 24.3 Å². The highest BCUT2D eigenvalue weighted by Gasteiger charge is 2.22. The fraction of sp³-hybridized carbons (Fsp3) is 0.261. The van der Waals surface area contributed by atoms with Gasteiger partial charge in [0, 0.05) is 5.56 Å². The van der Waals surface area contributed by atoms with Crippen molar-refractivity contribution in [1.29, 1.82) is 0 Å². The molecule has 1 aromatic heterocycles. The maximum Gasteiger partial charge on any atom is 0.229 e. The molecule has 2 aromatic carbocycles. The van der Waals surface area contributed by atoms with E-state index < -0.39 is 0 Å². The van der Waals surface area contributed by atoms with Crippen LogP contribution in [0.1, 0.15) is 35.0 Å². The molecule has 1 aliphatic rings. The van der Waals surface area contributed by atoms with Gasteiger partial charge in [-0.25, -0.2) is 9.97 Å². The highest BCUT2D eigenvalue weighted by Crippen LogP contribution is 2.33. The first-order valence-corrected chi connectivity index (χ1v) is 9.78. The molecule has 1 aliphatic carbocycles. The van der Waals surface area contributed by atoms with E-state index in [0.29, 0.717) is 12.2 Å². The van der Waals surface area contributed by atoms with Crippen LogP contribution in [0.2, 0.25) is 0 Å². The topological polar surface area (TPSA) is 95.3 Å². The lowest BCUT2D eigenvalue weighted by Gasteiger charge is -2.21. The molecule has 148 valence electrons. The molecule has 0 saturated carbocycles. The number of phenols is 1. The van der Waals surface area contributed by atoms with Gasteiger partial charge in [0.1, 0.15) is 5.75 Å². The number of fused-ring (bicyclic) bond motifs is 3. The molecule has 6 heteroatoms. The van der Waals surface area contributed by atoms with Crippen molar-refractivity contribution in [3.8, 4) is 17.0 Å². The van der Waals surface area contributed by atoms with Gasteiger partial charge in [-0.3, -0.25) is 4.79 Å². The minimum Gasteiger partial charge on any atom is -0.508 e. The Morgan fingerprint density at radius 3 is 2.55 bits per heavy atom. The van der Waals surface area contributed by atoms with Gasteiger partial charge < -0.3 is 15.5 Å². The lowest BCUT2D eigenvalue weighted by molar-refractivity contribution is -0.115. The predicted molar refractivity (Wildman–Crippen MR) is 111 cm³/mol. The summed E-state index contributed by atoms with van der Waals surface area (Å²) in [6.07, 6.45) is 2.43. The quantitative estimate of drug-likeness (QED) is 0.623. The zero-order valence-corrected chi connectivity index (χ0v) is 16.3. The summed E-state index contributed by atoms with van der Waals surface area (Å²) in [6.45, 7) is 2.02. The summed E-state index contributed by atoms with van der Waals surface area (Å²) in [5, 5.41) is 21.7. The summed E-state index contributed by atoms with van der Waals surface area (Å²) in [5.41, 5.74) is 6.43. The highest BCUT2D eigenvalue weighted by molar-refractivity contribution is 5.92. The number of aromatic nitrogens is 2. The van der Waals surface area contributed by atoms with Crippen molar-refractivity contribution in [2.45, 2.75) is 39.2 Å². The van der Waals surface area contributed by atoms with E-state index in [4.69, 9.17) is 9.97 Å². The number of aryl methyl sites for hydroxylation is 3. The number of rotatable bonds is 5. The second kappa shape index (κ2) is 8.01. The van der Waals surface area contributed by atoms with E-state index in [1.165, 1.54) is 5.56 Å². The minimum atomic E-state index is -0.163. The van der Waals surface area contributed by atoms with Gasteiger partial charge >= 0.3 is 0 Å². The lowest BCUT2D eigenvalue weighted by Crippen LogP contribution is -2.19. The van der Waals surface area contributed by atoms with E-state index in [2.05, 4.69) is 5.32 Å². The summed E-state index contributed by atoms with van der Waals surface area (Å²) in [6, 6.07) is 12.5. The number of aromatic hydroxyl groups is 1. The fourth-order valence-electron chi connectivity index (χ4n) is 3.65. The molecular formula is C23H23N3O3. The first kappa shape index (κ1) is 19.1. The molecule has 0 aliphatic heterocycles. The van der Waals surface area contributed by atoms with Crippen LogP contribution in [0, 0.1) is 0 Å². The van der Waals surface area contributed by atoms with Crippen LogP contribution in [-0.4, -0.2) is 26.1 Å². The highest BCUT2D eigenvalue weighted by atomic mass is 16.3. The number of amides is 1. The zero-order chi connectivity index (χ0) is 20.4. The van der Waals surface area contributed by atoms with Crippen molar-refractivity contribution in [2.75, 3.05) is 5.32 Å². The van der Waals surface area contributed by atoms with Crippen LogP contribution >= 0.6 is 0 Å². The Morgan fingerprint density at radius 1 is 1.07 bits per heavy atom. The van der Waals surface area contributed by atoms with Crippen molar-refractivity contribution in [2.24, 2.45) is 0 Å². The summed E-state index contributed by atoms with van der Waals surface area (Å²) in [4.78, 5) is 22.1. The predicted octanol–water partition coefficient (Wildman–Crippen LogP) is 3.18. The van der Waals surface area contributed by atoms with Crippen LogP contribution in [0.5, 0.6) is 5.75 Å². The molecule has 1 amide bonds. The molecule has 0 fully saturated rings. The number of benzene rings is 2. The maximum atomic E-state index is 12.5. The van der Waals surface area contributed by atoms with Crippen LogP contribution in [0.25, 0.3) is 11.3 Å². The first-order chi connectivity index (χ1) is 14.1. The molecule has 3 aromatic rings. The van der Waals surface area contributed by atoms with Crippen molar-refractivity contribution < 1.29 is 15.0 Å². The molecule has 0 radical (unpaired) electrons. The number of phenolic OH excluding ortho intramolecular Hbond substituents is 1. The van der Waals surface area contributed by atoms with Crippen molar-refractivity contribution in [3.05, 3.63) is 70.5 Å². The van der Waals surface area contributed by atoms with Crippen molar-refractivity contribution >= 4 is 11.7 Å². The molecule has 0 atom stereocenters. The number of aliphatic hydroxyl groups is 1. The van der Waals surface area contributed by atoms with E-state index in [-0.39, 0.29) is 24.7 Å². The summed E-state index contributed by atoms with van der Waals surface area (Å²) >= 11 is 0. The number of carbonyl (C=O) groups excluding carboxylic acids is 1. The number of nitrogens with zero attached hydrogens (tertiary/aromatic N) is 2. The van der Waals surface area contributed by atoms with E-state index in [9.17, 15) is 15.0 Å². The van der Waals surface area contributed by atoms with E-state index in [0.717, 1.165) is 46.6 Å². The Balaban J connectivity index is 1.60. The van der Waals surface area contributed by atoms with Crippen LogP contribution in [0.15, 0.2) is 42.5 Å². The normalized spacial score (nSPS) is 12.2. The molecule has 0 unspecified atom stereocenters. The molecule has 6 nitrogen and oxygen atoms in total. The van der Waals surface area contributed by atoms with Gasteiger partial charge in [0.25, 0.3) is 0 Å². The first-order valence-electron chi connectivity index (χ1n) is 9.78. The molecule has 4 rings (SSSR count). The van der Waals surface area contributed by atoms with E-state index >= 15 is 0 Å². The Labute approximate surface area is 169 Å². The summed E-state index contributed by atoms with van der Waals surface area (Å²) in [5.74, 6) is 0.531. The zero-order valence-electron chi connectivity index (χ0n) is 16.3. The standard InChI is InChI=1S/C23H23N3O3/c1-2-19-23(26-21(29)12-14-3-7-17(28)8-4-14)25-20-10-6-16-11-15(13-27)5-9-18(16)22(20)24-19/h3-5,7-9,11,27-28H,2,6,10,12-13H2,1H3,(H,25,26,29). The third kappa shape index (κ3) is 3.98. The van der Waals surface area contributed by atoms with Gasteiger partial charge in [0.05, 0.1) is 30.1 Å². The number of anilines is 1. The van der Waals surface area contributed by atoms with Gasteiger partial charge in [-0.05, 0) is 48.1 Å². The van der Waals surface area contributed by atoms with Crippen LogP contribution in [0.3, 0.4) is 0 Å².